The van der Waals surface area contributed by atoms with Crippen molar-refractivity contribution in [1.29, 1.82) is 0 Å². The van der Waals surface area contributed by atoms with Crippen molar-refractivity contribution in [3.8, 4) is 0 Å². The van der Waals surface area contributed by atoms with Crippen LogP contribution < -0.4 is 16.6 Å². The minimum absolute atomic E-state index is 0.680. The van der Waals surface area contributed by atoms with Crippen LogP contribution >= 0.6 is 11.8 Å². The Morgan fingerprint density at radius 2 is 2.21 bits per heavy atom. The van der Waals surface area contributed by atoms with E-state index in [0.717, 1.165) is 18.8 Å². The zero-order valence-corrected chi connectivity index (χ0v) is 9.10. The summed E-state index contributed by atoms with van der Waals surface area (Å²) in [4.78, 5) is 4.23. The number of rotatable bonds is 6. The number of thioether (sulfide) groups is 1. The molecule has 0 aromatic carbocycles. The van der Waals surface area contributed by atoms with Crippen LogP contribution in [0.15, 0.2) is 18.2 Å². The number of nitrogens with one attached hydrogen (secondary N) is 2. The highest BCUT2D eigenvalue weighted by atomic mass is 32.2. The van der Waals surface area contributed by atoms with Crippen molar-refractivity contribution in [2.24, 2.45) is 5.84 Å². The summed E-state index contributed by atoms with van der Waals surface area (Å²) in [6.45, 7) is 0.946. The van der Waals surface area contributed by atoms with Gasteiger partial charge in [0.15, 0.2) is 0 Å². The molecule has 0 unspecified atom stereocenters. The van der Waals surface area contributed by atoms with Gasteiger partial charge in [0, 0.05) is 6.54 Å². The maximum Gasteiger partial charge on any atom is 0.142 e. The first kappa shape index (κ1) is 11.1. The number of hydrogen-bond donors (Lipinski definition) is 3. The minimum Gasteiger partial charge on any atom is -0.370 e. The second-order valence-corrected chi connectivity index (χ2v) is 3.81. The molecule has 0 saturated heterocycles. The van der Waals surface area contributed by atoms with Crippen LogP contribution in [0.5, 0.6) is 0 Å². The van der Waals surface area contributed by atoms with E-state index in [-0.39, 0.29) is 0 Å². The van der Waals surface area contributed by atoms with Gasteiger partial charge in [0.05, 0.1) is 0 Å². The average Bonchev–Trinajstić information content (AvgIpc) is 2.25. The topological polar surface area (TPSA) is 63.0 Å². The first-order valence-corrected chi connectivity index (χ1v) is 5.92. The summed E-state index contributed by atoms with van der Waals surface area (Å²) in [6, 6.07) is 5.67. The van der Waals surface area contributed by atoms with Crippen molar-refractivity contribution in [1.82, 2.24) is 4.98 Å². The Hall–Kier alpha value is -0.940. The standard InChI is InChI=1S/C9H16N4S/c1-14-7-3-6-11-8-4-2-5-9(12-8)13-10/h2,4-5H,3,6-7,10H2,1H3,(H2,11,12,13). The third-order valence-electron chi connectivity index (χ3n) is 1.73. The van der Waals surface area contributed by atoms with Crippen LogP contribution in [0.2, 0.25) is 0 Å². The van der Waals surface area contributed by atoms with Gasteiger partial charge in [0.1, 0.15) is 11.6 Å². The molecule has 0 amide bonds. The second kappa shape index (κ2) is 6.50. The third kappa shape index (κ3) is 3.85. The van der Waals surface area contributed by atoms with Gasteiger partial charge >= 0.3 is 0 Å². The van der Waals surface area contributed by atoms with Crippen LogP contribution in [-0.4, -0.2) is 23.5 Å². The van der Waals surface area contributed by atoms with E-state index in [0.29, 0.717) is 5.82 Å². The lowest BCUT2D eigenvalue weighted by Gasteiger charge is -2.06. The van der Waals surface area contributed by atoms with Crippen molar-refractivity contribution < 1.29 is 0 Å². The van der Waals surface area contributed by atoms with Crippen molar-refractivity contribution in [3.05, 3.63) is 18.2 Å². The summed E-state index contributed by atoms with van der Waals surface area (Å²) in [5, 5.41) is 3.23. The van der Waals surface area contributed by atoms with Gasteiger partial charge in [-0.15, -0.1) is 0 Å². The van der Waals surface area contributed by atoms with Crippen molar-refractivity contribution in [2.75, 3.05) is 29.3 Å². The molecule has 0 bridgehead atoms. The average molecular weight is 212 g/mol. The van der Waals surface area contributed by atoms with Crippen LogP contribution in [0.4, 0.5) is 11.6 Å². The largest absolute Gasteiger partial charge is 0.370 e. The molecule has 1 aromatic heterocycles. The lowest BCUT2D eigenvalue weighted by molar-refractivity contribution is 0.981. The molecule has 78 valence electrons. The molecular formula is C9H16N4S. The van der Waals surface area contributed by atoms with E-state index in [1.807, 2.05) is 30.0 Å². The van der Waals surface area contributed by atoms with Crippen LogP contribution in [0, 0.1) is 0 Å². The van der Waals surface area contributed by atoms with Gasteiger partial charge in [-0.25, -0.2) is 10.8 Å². The fourth-order valence-electron chi connectivity index (χ4n) is 1.05. The highest BCUT2D eigenvalue weighted by Gasteiger charge is 1.94. The number of nitrogens with zero attached hydrogens (tertiary/aromatic N) is 1. The SMILES string of the molecule is CSCCCNc1cccc(NN)n1. The molecule has 0 aliphatic heterocycles. The number of anilines is 2. The third-order valence-corrected chi connectivity index (χ3v) is 2.43. The molecule has 1 heterocycles. The van der Waals surface area contributed by atoms with Gasteiger partial charge in [-0.3, -0.25) is 0 Å². The Kier molecular flexibility index (Phi) is 5.17. The molecule has 0 fully saturated rings. The van der Waals surface area contributed by atoms with Gasteiger partial charge < -0.3 is 10.7 Å². The zero-order valence-electron chi connectivity index (χ0n) is 8.29. The summed E-state index contributed by atoms with van der Waals surface area (Å²) in [5.74, 6) is 7.96. The molecule has 0 radical (unpaired) electrons. The zero-order chi connectivity index (χ0) is 10.2. The normalized spacial score (nSPS) is 9.86. The van der Waals surface area contributed by atoms with E-state index in [2.05, 4.69) is 22.0 Å². The monoisotopic (exact) mass is 212 g/mol. The molecular weight excluding hydrogens is 196 g/mol. The van der Waals surface area contributed by atoms with E-state index >= 15 is 0 Å². The molecule has 1 rings (SSSR count). The fraction of sp³-hybridized carbons (Fsp3) is 0.444. The molecule has 0 aliphatic carbocycles. The van der Waals surface area contributed by atoms with E-state index in [1.54, 1.807) is 0 Å². The predicted octanol–water partition coefficient (Wildman–Crippen LogP) is 1.53. The van der Waals surface area contributed by atoms with E-state index in [4.69, 9.17) is 5.84 Å². The Morgan fingerprint density at radius 1 is 1.43 bits per heavy atom. The summed E-state index contributed by atoms with van der Waals surface area (Å²) < 4.78 is 0. The van der Waals surface area contributed by atoms with Crippen LogP contribution in [0.25, 0.3) is 0 Å². The number of hydrazine groups is 1. The van der Waals surface area contributed by atoms with Crippen molar-refractivity contribution in [3.63, 3.8) is 0 Å². The fourth-order valence-corrected chi connectivity index (χ4v) is 1.48. The molecule has 4 nitrogen and oxygen atoms in total. The maximum absolute atomic E-state index is 5.25. The molecule has 0 atom stereocenters. The number of pyridine rings is 1. The second-order valence-electron chi connectivity index (χ2n) is 2.83. The molecule has 0 spiro atoms. The highest BCUT2D eigenvalue weighted by molar-refractivity contribution is 7.98. The number of hydrogen-bond acceptors (Lipinski definition) is 5. The van der Waals surface area contributed by atoms with Gasteiger partial charge in [-0.05, 0) is 30.6 Å². The summed E-state index contributed by atoms with van der Waals surface area (Å²) in [5.41, 5.74) is 2.51. The summed E-state index contributed by atoms with van der Waals surface area (Å²) >= 11 is 1.85. The minimum atomic E-state index is 0.680. The Labute approximate surface area is 88.6 Å². The van der Waals surface area contributed by atoms with E-state index in [9.17, 15) is 0 Å². The van der Waals surface area contributed by atoms with Gasteiger partial charge in [0.25, 0.3) is 0 Å². The van der Waals surface area contributed by atoms with Gasteiger partial charge in [-0.1, -0.05) is 6.07 Å². The predicted molar refractivity (Wildman–Crippen MR) is 63.5 cm³/mol. The smallest absolute Gasteiger partial charge is 0.142 e. The van der Waals surface area contributed by atoms with Crippen molar-refractivity contribution >= 4 is 23.4 Å². The van der Waals surface area contributed by atoms with Gasteiger partial charge in [0.2, 0.25) is 0 Å². The lowest BCUT2D eigenvalue weighted by atomic mass is 10.4. The first-order valence-electron chi connectivity index (χ1n) is 4.53. The van der Waals surface area contributed by atoms with Crippen LogP contribution in [0.3, 0.4) is 0 Å². The number of aromatic nitrogens is 1. The molecule has 1 aromatic rings. The Balaban J connectivity index is 2.34. The Bertz CT molecular complexity index is 267. The van der Waals surface area contributed by atoms with Gasteiger partial charge in [-0.2, -0.15) is 11.8 Å². The highest BCUT2D eigenvalue weighted by Crippen LogP contribution is 2.07. The lowest BCUT2D eigenvalue weighted by Crippen LogP contribution is -2.10. The molecule has 14 heavy (non-hydrogen) atoms. The van der Waals surface area contributed by atoms with E-state index in [1.165, 1.54) is 5.75 Å². The molecule has 0 aliphatic rings. The van der Waals surface area contributed by atoms with Crippen LogP contribution in [-0.2, 0) is 0 Å². The number of nitrogens with two attached hydrogens (primary N) is 1. The summed E-state index contributed by atoms with van der Waals surface area (Å²) in [7, 11) is 0. The van der Waals surface area contributed by atoms with Crippen molar-refractivity contribution in [2.45, 2.75) is 6.42 Å². The Morgan fingerprint density at radius 3 is 2.93 bits per heavy atom. The molecule has 4 N–H and O–H groups in total. The first-order chi connectivity index (χ1) is 6.86. The number of nitrogen functional groups attached to an aromatic ring is 1. The van der Waals surface area contributed by atoms with E-state index < -0.39 is 0 Å². The maximum atomic E-state index is 5.25. The summed E-state index contributed by atoms with van der Waals surface area (Å²) in [6.07, 6.45) is 3.25. The molecule has 5 heteroatoms. The molecule has 0 saturated carbocycles. The quantitative estimate of drug-likeness (QED) is 0.379. The van der Waals surface area contributed by atoms with Crippen LogP contribution in [0.1, 0.15) is 6.42 Å².